The first-order chi connectivity index (χ1) is 14.6. The molecule has 0 bridgehead atoms. The predicted molar refractivity (Wildman–Crippen MR) is 100 cm³/mol. The summed E-state index contributed by atoms with van der Waals surface area (Å²) in [4.78, 5) is 24.8. The third-order valence-corrected chi connectivity index (χ3v) is 4.43. The molecule has 3 rings (SSSR count). The van der Waals surface area contributed by atoms with Crippen LogP contribution in [-0.4, -0.2) is 18.5 Å². The van der Waals surface area contributed by atoms with Crippen molar-refractivity contribution in [3.8, 4) is 5.75 Å². The number of para-hydroxylation sites is 1. The van der Waals surface area contributed by atoms with E-state index in [4.69, 9.17) is 0 Å². The second-order valence-corrected chi connectivity index (χ2v) is 6.52. The lowest BCUT2D eigenvalue weighted by Gasteiger charge is -2.29. The fourth-order valence-electron chi connectivity index (χ4n) is 3.12. The molecule has 3 amide bonds. The number of benzene rings is 2. The highest BCUT2D eigenvalue weighted by atomic mass is 19.4. The van der Waals surface area contributed by atoms with Gasteiger partial charge in [0.1, 0.15) is 5.75 Å². The predicted octanol–water partition coefficient (Wildman–Crippen LogP) is 4.57. The number of carbonyl (C=O) groups is 2. The molecule has 0 saturated carbocycles. The van der Waals surface area contributed by atoms with Crippen molar-refractivity contribution in [2.45, 2.75) is 25.8 Å². The van der Waals surface area contributed by atoms with Gasteiger partial charge in [0.2, 0.25) is 0 Å². The Labute approximate surface area is 173 Å². The largest absolute Gasteiger partial charge is 0.435 e. The van der Waals surface area contributed by atoms with Crippen molar-refractivity contribution in [1.29, 1.82) is 0 Å². The van der Waals surface area contributed by atoms with Gasteiger partial charge in [0.05, 0.1) is 22.9 Å². The Bertz CT molecular complexity index is 1020. The number of halogens is 5. The molecule has 2 aromatic carbocycles. The van der Waals surface area contributed by atoms with Crippen LogP contribution in [-0.2, 0) is 11.0 Å². The summed E-state index contributed by atoms with van der Waals surface area (Å²) in [6, 6.07) is 7.96. The molecule has 164 valence electrons. The molecule has 0 fully saturated rings. The van der Waals surface area contributed by atoms with Gasteiger partial charge in [-0.1, -0.05) is 24.3 Å². The highest BCUT2D eigenvalue weighted by molar-refractivity contribution is 6.07. The topological polar surface area (TPSA) is 79.5 Å². The summed E-state index contributed by atoms with van der Waals surface area (Å²) in [7, 11) is 0. The molecular formula is C20H16F5N3O3. The Balaban J connectivity index is 1.93. The first-order valence-electron chi connectivity index (χ1n) is 8.87. The van der Waals surface area contributed by atoms with Gasteiger partial charge >= 0.3 is 18.8 Å². The number of ether oxygens (including phenoxy) is 1. The van der Waals surface area contributed by atoms with Crippen molar-refractivity contribution in [3.05, 3.63) is 70.9 Å². The monoisotopic (exact) mass is 441 g/mol. The average Bonchev–Trinajstić information content (AvgIpc) is 2.67. The molecule has 0 saturated heterocycles. The molecule has 6 nitrogen and oxygen atoms in total. The molecule has 1 heterocycles. The van der Waals surface area contributed by atoms with Crippen LogP contribution in [0.2, 0.25) is 0 Å². The summed E-state index contributed by atoms with van der Waals surface area (Å²) in [5.41, 5.74) is -1.05. The van der Waals surface area contributed by atoms with E-state index in [2.05, 4.69) is 20.7 Å². The maximum atomic E-state index is 13.2. The van der Waals surface area contributed by atoms with Gasteiger partial charge in [0.15, 0.2) is 0 Å². The summed E-state index contributed by atoms with van der Waals surface area (Å²) < 4.78 is 68.7. The van der Waals surface area contributed by atoms with Crippen LogP contribution in [0.3, 0.4) is 0 Å². The van der Waals surface area contributed by atoms with Gasteiger partial charge in [-0.15, -0.1) is 0 Å². The van der Waals surface area contributed by atoms with E-state index in [-0.39, 0.29) is 17.0 Å². The Morgan fingerprint density at radius 1 is 1.10 bits per heavy atom. The minimum Gasteiger partial charge on any atom is -0.435 e. The number of carbonyl (C=O) groups excluding carboxylic acids is 2. The maximum Gasteiger partial charge on any atom is 0.418 e. The van der Waals surface area contributed by atoms with Crippen molar-refractivity contribution in [2.75, 3.05) is 5.32 Å². The molecule has 11 heteroatoms. The van der Waals surface area contributed by atoms with Crippen molar-refractivity contribution >= 4 is 17.6 Å². The second-order valence-electron chi connectivity index (χ2n) is 6.52. The second kappa shape index (κ2) is 8.62. The van der Waals surface area contributed by atoms with E-state index < -0.39 is 42.0 Å². The van der Waals surface area contributed by atoms with Crippen LogP contribution < -0.4 is 20.7 Å². The number of rotatable bonds is 5. The summed E-state index contributed by atoms with van der Waals surface area (Å²) in [5.74, 6) is -1.01. The highest BCUT2D eigenvalue weighted by Crippen LogP contribution is 2.36. The van der Waals surface area contributed by atoms with Gasteiger partial charge in [0, 0.05) is 5.70 Å². The third kappa shape index (κ3) is 5.11. The lowest BCUT2D eigenvalue weighted by molar-refractivity contribution is -0.137. The van der Waals surface area contributed by atoms with E-state index in [9.17, 15) is 31.5 Å². The smallest absolute Gasteiger partial charge is 0.418 e. The van der Waals surface area contributed by atoms with E-state index in [1.165, 1.54) is 43.3 Å². The number of alkyl halides is 5. The van der Waals surface area contributed by atoms with E-state index in [1.807, 2.05) is 0 Å². The first-order valence-corrected chi connectivity index (χ1v) is 8.87. The summed E-state index contributed by atoms with van der Waals surface area (Å²) in [6.07, 6.45) is -4.69. The van der Waals surface area contributed by atoms with Gasteiger partial charge in [-0.3, -0.25) is 4.79 Å². The number of anilines is 1. The van der Waals surface area contributed by atoms with Crippen LogP contribution in [0, 0.1) is 0 Å². The Hall–Kier alpha value is -3.63. The minimum atomic E-state index is -4.69. The van der Waals surface area contributed by atoms with E-state index in [0.29, 0.717) is 5.56 Å². The van der Waals surface area contributed by atoms with E-state index in [1.54, 1.807) is 0 Å². The quantitative estimate of drug-likeness (QED) is 0.595. The maximum absolute atomic E-state index is 13.2. The normalized spacial score (nSPS) is 16.6. The van der Waals surface area contributed by atoms with Crippen molar-refractivity contribution in [2.24, 2.45) is 0 Å². The molecule has 0 spiro atoms. The Morgan fingerprint density at radius 3 is 2.35 bits per heavy atom. The van der Waals surface area contributed by atoms with Gasteiger partial charge < -0.3 is 20.7 Å². The van der Waals surface area contributed by atoms with Crippen LogP contribution in [0.4, 0.5) is 32.4 Å². The zero-order valence-corrected chi connectivity index (χ0v) is 15.9. The molecule has 1 unspecified atom stereocenters. The molecule has 3 N–H and O–H groups in total. The molecule has 31 heavy (non-hydrogen) atoms. The zero-order valence-electron chi connectivity index (χ0n) is 15.9. The van der Waals surface area contributed by atoms with E-state index in [0.717, 1.165) is 12.1 Å². The van der Waals surface area contributed by atoms with E-state index >= 15 is 0 Å². The fourth-order valence-corrected chi connectivity index (χ4v) is 3.12. The molecule has 2 aromatic rings. The lowest BCUT2D eigenvalue weighted by Crippen LogP contribution is -2.46. The standard InChI is InChI=1S/C20H16F5N3O3/c1-10-15(17(29)27-14-5-3-2-4-13(14)20(23,24)25)16(28-19(30)26-10)11-6-8-12(9-7-11)31-18(21)22/h2-9,16,18H,1H3,(H,27,29)(H2,26,28,30). The van der Waals surface area contributed by atoms with Crippen LogP contribution >= 0.6 is 0 Å². The zero-order chi connectivity index (χ0) is 22.8. The lowest BCUT2D eigenvalue weighted by atomic mass is 9.94. The Kier molecular flexibility index (Phi) is 6.14. The number of nitrogens with one attached hydrogen (secondary N) is 3. The van der Waals surface area contributed by atoms with Gasteiger partial charge in [0.25, 0.3) is 5.91 Å². The summed E-state index contributed by atoms with van der Waals surface area (Å²) in [6.45, 7) is -1.61. The molecule has 1 atom stereocenters. The summed E-state index contributed by atoms with van der Waals surface area (Å²) >= 11 is 0. The number of hydrogen-bond donors (Lipinski definition) is 3. The van der Waals surface area contributed by atoms with Crippen LogP contribution in [0.1, 0.15) is 24.1 Å². The Morgan fingerprint density at radius 2 is 1.74 bits per heavy atom. The fraction of sp³-hybridized carbons (Fsp3) is 0.200. The summed E-state index contributed by atoms with van der Waals surface area (Å²) in [5, 5.41) is 7.14. The minimum absolute atomic E-state index is 0.0425. The van der Waals surface area contributed by atoms with Crippen LogP contribution in [0.15, 0.2) is 59.8 Å². The molecule has 0 aliphatic carbocycles. The molecular weight excluding hydrogens is 425 g/mol. The van der Waals surface area contributed by atoms with Crippen molar-refractivity contribution < 1.29 is 36.3 Å². The number of allylic oxidation sites excluding steroid dienone is 1. The van der Waals surface area contributed by atoms with Gasteiger partial charge in [-0.25, -0.2) is 4.79 Å². The van der Waals surface area contributed by atoms with Crippen molar-refractivity contribution in [3.63, 3.8) is 0 Å². The molecule has 1 aliphatic rings. The third-order valence-electron chi connectivity index (χ3n) is 4.43. The van der Waals surface area contributed by atoms with Crippen LogP contribution in [0.5, 0.6) is 5.75 Å². The number of hydrogen-bond acceptors (Lipinski definition) is 3. The SMILES string of the molecule is CC1=C(C(=O)Nc2ccccc2C(F)(F)F)C(c2ccc(OC(F)F)cc2)NC(=O)N1. The van der Waals surface area contributed by atoms with Gasteiger partial charge in [-0.2, -0.15) is 22.0 Å². The average molecular weight is 441 g/mol. The first kappa shape index (κ1) is 22.1. The van der Waals surface area contributed by atoms with Crippen LogP contribution in [0.25, 0.3) is 0 Å². The molecule has 0 radical (unpaired) electrons. The van der Waals surface area contributed by atoms with Gasteiger partial charge in [-0.05, 0) is 36.8 Å². The highest BCUT2D eigenvalue weighted by Gasteiger charge is 2.35. The molecule has 0 aromatic heterocycles. The number of amides is 3. The number of urea groups is 1. The van der Waals surface area contributed by atoms with Crippen molar-refractivity contribution in [1.82, 2.24) is 10.6 Å². The molecule has 1 aliphatic heterocycles.